The lowest BCUT2D eigenvalue weighted by molar-refractivity contribution is 0.0957. The number of fused-ring (bicyclic) bond motifs is 2. The van der Waals surface area contributed by atoms with E-state index in [4.69, 9.17) is 14.2 Å². The van der Waals surface area contributed by atoms with Crippen molar-refractivity contribution in [1.29, 1.82) is 0 Å². The van der Waals surface area contributed by atoms with E-state index in [2.05, 4.69) is 16.7 Å². The highest BCUT2D eigenvalue weighted by Crippen LogP contribution is 2.40. The summed E-state index contributed by atoms with van der Waals surface area (Å²) in [4.78, 5) is 25.8. The van der Waals surface area contributed by atoms with Crippen molar-refractivity contribution in [2.24, 2.45) is 0 Å². The number of nitrogens with zero attached hydrogens (tertiary/aromatic N) is 1. The average molecular weight is 389 g/mol. The van der Waals surface area contributed by atoms with Gasteiger partial charge in [0.15, 0.2) is 0 Å². The molecule has 0 spiro atoms. The van der Waals surface area contributed by atoms with Crippen molar-refractivity contribution < 1.29 is 23.8 Å². The highest BCUT2D eigenvalue weighted by molar-refractivity contribution is 5.74. The summed E-state index contributed by atoms with van der Waals surface area (Å²) in [5.41, 5.74) is 3.34. The first-order valence-electron chi connectivity index (χ1n) is 10.0. The predicted octanol–water partition coefficient (Wildman–Crippen LogP) is 1.98. The van der Waals surface area contributed by atoms with E-state index in [9.17, 15) is 9.59 Å². The van der Waals surface area contributed by atoms with Crippen molar-refractivity contribution in [2.75, 3.05) is 32.9 Å². The maximum atomic E-state index is 12.4. The van der Waals surface area contributed by atoms with E-state index in [1.165, 1.54) is 0 Å². The van der Waals surface area contributed by atoms with Crippen LogP contribution < -0.4 is 20.1 Å². The van der Waals surface area contributed by atoms with Gasteiger partial charge in [0.1, 0.15) is 11.5 Å². The Bertz CT molecular complexity index is 726. The zero-order chi connectivity index (χ0) is 19.5. The molecule has 0 atom stereocenters. The largest absolute Gasteiger partial charge is 0.493 e. The SMILES string of the molecule is CCOC(=O)N1CCC(NC(=O)NCc2c3c(cc4c2OCC4)OCC3)CC1. The van der Waals surface area contributed by atoms with E-state index < -0.39 is 0 Å². The van der Waals surface area contributed by atoms with Crippen molar-refractivity contribution in [2.45, 2.75) is 45.2 Å². The molecule has 1 fully saturated rings. The molecule has 0 aromatic heterocycles. The number of benzene rings is 1. The molecule has 0 aliphatic carbocycles. The van der Waals surface area contributed by atoms with Crippen LogP contribution in [0.2, 0.25) is 0 Å². The molecule has 0 radical (unpaired) electrons. The number of hydrogen-bond donors (Lipinski definition) is 2. The molecular formula is C20H27N3O5. The Balaban J connectivity index is 1.30. The second-order valence-electron chi connectivity index (χ2n) is 7.30. The fourth-order valence-corrected chi connectivity index (χ4v) is 4.10. The van der Waals surface area contributed by atoms with Crippen molar-refractivity contribution in [3.8, 4) is 11.5 Å². The Labute approximate surface area is 164 Å². The standard InChI is InChI=1S/C20H27N3O5/c1-2-26-20(25)23-7-3-14(4-8-23)22-19(24)21-12-16-15-6-10-27-17(15)11-13-5-9-28-18(13)16/h11,14H,2-10,12H2,1H3,(H2,21,22,24). The fourth-order valence-electron chi connectivity index (χ4n) is 4.10. The number of rotatable bonds is 4. The molecule has 3 amide bonds. The smallest absolute Gasteiger partial charge is 0.409 e. The normalized spacial score (nSPS) is 18.0. The Morgan fingerprint density at radius 2 is 2.00 bits per heavy atom. The second-order valence-corrected chi connectivity index (χ2v) is 7.30. The summed E-state index contributed by atoms with van der Waals surface area (Å²) in [5, 5.41) is 5.98. The lowest BCUT2D eigenvalue weighted by atomic mass is 9.99. The van der Waals surface area contributed by atoms with Crippen LogP contribution in [0.5, 0.6) is 11.5 Å². The number of likely N-dealkylation sites (tertiary alicyclic amines) is 1. The third-order valence-corrected chi connectivity index (χ3v) is 5.54. The highest BCUT2D eigenvalue weighted by atomic mass is 16.6. The Morgan fingerprint density at radius 3 is 2.79 bits per heavy atom. The third kappa shape index (κ3) is 3.81. The summed E-state index contributed by atoms with van der Waals surface area (Å²) < 4.78 is 16.6. The number of urea groups is 1. The Kier molecular flexibility index (Phi) is 5.45. The molecule has 3 aliphatic heterocycles. The maximum Gasteiger partial charge on any atom is 0.409 e. The van der Waals surface area contributed by atoms with Gasteiger partial charge in [-0.05, 0) is 25.8 Å². The van der Waals surface area contributed by atoms with Gasteiger partial charge in [-0.15, -0.1) is 0 Å². The topological polar surface area (TPSA) is 89.1 Å². The number of ether oxygens (including phenoxy) is 3. The molecule has 2 N–H and O–H groups in total. The quantitative estimate of drug-likeness (QED) is 0.822. The van der Waals surface area contributed by atoms with E-state index in [-0.39, 0.29) is 18.2 Å². The van der Waals surface area contributed by atoms with Gasteiger partial charge in [0.05, 0.1) is 19.8 Å². The fraction of sp³-hybridized carbons (Fsp3) is 0.600. The van der Waals surface area contributed by atoms with Crippen LogP contribution in [0.15, 0.2) is 6.07 Å². The van der Waals surface area contributed by atoms with Crippen molar-refractivity contribution in [3.63, 3.8) is 0 Å². The summed E-state index contributed by atoms with van der Waals surface area (Å²) in [5.74, 6) is 1.83. The van der Waals surface area contributed by atoms with Crippen LogP contribution in [0.1, 0.15) is 36.5 Å². The molecule has 152 valence electrons. The van der Waals surface area contributed by atoms with Gasteiger partial charge >= 0.3 is 12.1 Å². The van der Waals surface area contributed by atoms with Gasteiger partial charge in [-0.1, -0.05) is 0 Å². The monoisotopic (exact) mass is 389 g/mol. The number of nitrogens with one attached hydrogen (secondary N) is 2. The van der Waals surface area contributed by atoms with Crippen LogP contribution in [0.4, 0.5) is 9.59 Å². The van der Waals surface area contributed by atoms with Gasteiger partial charge in [0.25, 0.3) is 0 Å². The summed E-state index contributed by atoms with van der Waals surface area (Å²) in [6.07, 6.45) is 2.89. The van der Waals surface area contributed by atoms with Gasteiger partial charge in [0, 0.05) is 55.2 Å². The summed E-state index contributed by atoms with van der Waals surface area (Å²) >= 11 is 0. The summed E-state index contributed by atoms with van der Waals surface area (Å²) in [6, 6.07) is 1.93. The first-order chi connectivity index (χ1) is 13.7. The minimum Gasteiger partial charge on any atom is -0.493 e. The number of piperidine rings is 1. The second kappa shape index (κ2) is 8.16. The molecule has 0 saturated carbocycles. The zero-order valence-electron chi connectivity index (χ0n) is 16.2. The van der Waals surface area contributed by atoms with Crippen molar-refractivity contribution in [1.82, 2.24) is 15.5 Å². The van der Waals surface area contributed by atoms with Gasteiger partial charge < -0.3 is 29.7 Å². The van der Waals surface area contributed by atoms with Gasteiger partial charge in [-0.2, -0.15) is 0 Å². The number of hydrogen-bond acceptors (Lipinski definition) is 5. The number of carbonyl (C=O) groups excluding carboxylic acids is 2. The van der Waals surface area contributed by atoms with Crippen molar-refractivity contribution in [3.05, 3.63) is 22.8 Å². The number of amides is 3. The molecule has 1 saturated heterocycles. The summed E-state index contributed by atoms with van der Waals surface area (Å²) in [7, 11) is 0. The van der Waals surface area contributed by atoms with Gasteiger partial charge in [-0.25, -0.2) is 9.59 Å². The molecule has 0 unspecified atom stereocenters. The van der Waals surface area contributed by atoms with Crippen LogP contribution in [0.25, 0.3) is 0 Å². The molecule has 1 aromatic rings. The van der Waals surface area contributed by atoms with Crippen molar-refractivity contribution >= 4 is 12.1 Å². The molecule has 3 heterocycles. The molecule has 4 rings (SSSR count). The molecular weight excluding hydrogens is 362 g/mol. The van der Waals surface area contributed by atoms with Crippen LogP contribution in [0.3, 0.4) is 0 Å². The van der Waals surface area contributed by atoms with E-state index in [1.807, 2.05) is 0 Å². The van der Waals surface area contributed by atoms with Crippen LogP contribution >= 0.6 is 0 Å². The van der Waals surface area contributed by atoms with E-state index in [1.54, 1.807) is 11.8 Å². The molecule has 8 nitrogen and oxygen atoms in total. The minimum absolute atomic E-state index is 0.0532. The lowest BCUT2D eigenvalue weighted by Gasteiger charge is -2.31. The van der Waals surface area contributed by atoms with Crippen LogP contribution in [-0.2, 0) is 24.1 Å². The Hall–Kier alpha value is -2.64. The minimum atomic E-state index is -0.278. The van der Waals surface area contributed by atoms with E-state index >= 15 is 0 Å². The van der Waals surface area contributed by atoms with Gasteiger partial charge in [-0.3, -0.25) is 0 Å². The molecule has 0 bridgehead atoms. The highest BCUT2D eigenvalue weighted by Gasteiger charge is 2.27. The zero-order valence-corrected chi connectivity index (χ0v) is 16.2. The number of carbonyl (C=O) groups is 2. The molecule has 3 aliphatic rings. The third-order valence-electron chi connectivity index (χ3n) is 5.54. The molecule has 8 heteroatoms. The predicted molar refractivity (Wildman–Crippen MR) is 102 cm³/mol. The van der Waals surface area contributed by atoms with E-state index in [0.717, 1.165) is 53.9 Å². The summed E-state index contributed by atoms with van der Waals surface area (Å²) in [6.45, 7) is 5.13. The van der Waals surface area contributed by atoms with E-state index in [0.29, 0.717) is 39.5 Å². The molecule has 1 aromatic carbocycles. The van der Waals surface area contributed by atoms with Gasteiger partial charge in [0.2, 0.25) is 0 Å². The Morgan fingerprint density at radius 1 is 1.21 bits per heavy atom. The van der Waals surface area contributed by atoms with Crippen LogP contribution in [0, 0.1) is 0 Å². The lowest BCUT2D eigenvalue weighted by Crippen LogP contribution is -2.49. The first kappa shape index (κ1) is 18.7. The average Bonchev–Trinajstić information content (AvgIpc) is 3.35. The van der Waals surface area contributed by atoms with Crippen LogP contribution in [-0.4, -0.2) is 56.0 Å². The molecule has 28 heavy (non-hydrogen) atoms. The maximum absolute atomic E-state index is 12.4. The first-order valence-corrected chi connectivity index (χ1v) is 10.0.